The van der Waals surface area contributed by atoms with Gasteiger partial charge in [-0.15, -0.1) is 11.3 Å². The summed E-state index contributed by atoms with van der Waals surface area (Å²) in [6.07, 6.45) is 3.26. The lowest BCUT2D eigenvalue weighted by Crippen LogP contribution is -2.10. The van der Waals surface area contributed by atoms with Crippen molar-refractivity contribution in [1.82, 2.24) is 9.97 Å². The summed E-state index contributed by atoms with van der Waals surface area (Å²) >= 11 is 5.02. The van der Waals surface area contributed by atoms with E-state index in [1.807, 2.05) is 30.3 Å². The van der Waals surface area contributed by atoms with E-state index in [9.17, 15) is 0 Å². The highest BCUT2D eigenvalue weighted by molar-refractivity contribution is 9.11. The third kappa shape index (κ3) is 2.72. The van der Waals surface area contributed by atoms with Crippen LogP contribution in [-0.4, -0.2) is 17.0 Å². The van der Waals surface area contributed by atoms with E-state index in [-0.39, 0.29) is 0 Å². The van der Waals surface area contributed by atoms with Crippen LogP contribution in [-0.2, 0) is 0 Å². The number of nitrogens with one attached hydrogen (secondary N) is 1. The molecule has 0 aliphatic rings. The van der Waals surface area contributed by atoms with Crippen LogP contribution in [0.3, 0.4) is 0 Å². The molecule has 0 radical (unpaired) electrons. The maximum Gasteiger partial charge on any atom is 0.182 e. The lowest BCUT2D eigenvalue weighted by atomic mass is 10.4. The summed E-state index contributed by atoms with van der Waals surface area (Å²) < 4.78 is 1.06. The first-order valence-corrected chi connectivity index (χ1v) is 6.28. The second-order valence-electron chi connectivity index (χ2n) is 3.14. The van der Waals surface area contributed by atoms with Crippen LogP contribution in [0.5, 0.6) is 0 Å². The molecule has 0 aliphatic heterocycles. The molecule has 7 heteroatoms. The minimum Gasteiger partial charge on any atom is -0.321 e. The third-order valence-corrected chi connectivity index (χ3v) is 3.77. The smallest absolute Gasteiger partial charge is 0.182 e. The summed E-state index contributed by atoms with van der Waals surface area (Å²) in [6.45, 7) is 0. The van der Waals surface area contributed by atoms with Crippen LogP contribution in [0.15, 0.2) is 28.3 Å². The Kier molecular flexibility index (Phi) is 3.56. The number of nitriles is 1. The Morgan fingerprint density at radius 1 is 1.47 bits per heavy atom. The molecule has 0 atom stereocenters. The molecule has 17 heavy (non-hydrogen) atoms. The molecule has 2 aromatic rings. The van der Waals surface area contributed by atoms with Gasteiger partial charge in [0.2, 0.25) is 0 Å². The van der Waals surface area contributed by atoms with Gasteiger partial charge in [-0.05, 0) is 28.1 Å². The van der Waals surface area contributed by atoms with E-state index in [0.29, 0.717) is 5.82 Å². The van der Waals surface area contributed by atoms with Gasteiger partial charge in [0.15, 0.2) is 6.19 Å². The van der Waals surface area contributed by atoms with Crippen LogP contribution in [0.4, 0.5) is 16.6 Å². The molecule has 0 spiro atoms. The molecule has 0 amide bonds. The largest absolute Gasteiger partial charge is 0.321 e. The standard InChI is InChI=1S/C10H8BrN5S/c1-16(10-3-2-7(11)17-10)9-4-8(13-5-12)14-6-15-9/h2-4,6H,1H3,(H,13,14,15). The molecule has 0 saturated carbocycles. The number of rotatable bonds is 3. The van der Waals surface area contributed by atoms with Crippen molar-refractivity contribution in [1.29, 1.82) is 5.26 Å². The molecule has 0 aliphatic carbocycles. The van der Waals surface area contributed by atoms with Crippen molar-refractivity contribution in [2.75, 3.05) is 17.3 Å². The predicted molar refractivity (Wildman–Crippen MR) is 71.3 cm³/mol. The topological polar surface area (TPSA) is 64.8 Å². The molecular weight excluding hydrogens is 302 g/mol. The second kappa shape index (κ2) is 5.12. The van der Waals surface area contributed by atoms with E-state index >= 15 is 0 Å². The number of nitrogens with zero attached hydrogens (tertiary/aromatic N) is 4. The maximum atomic E-state index is 8.53. The van der Waals surface area contributed by atoms with Crippen LogP contribution >= 0.6 is 27.3 Å². The molecule has 1 N–H and O–H groups in total. The molecule has 0 saturated heterocycles. The summed E-state index contributed by atoms with van der Waals surface area (Å²) in [5.41, 5.74) is 0. The van der Waals surface area contributed by atoms with E-state index < -0.39 is 0 Å². The van der Waals surface area contributed by atoms with Crippen molar-refractivity contribution in [3.63, 3.8) is 0 Å². The van der Waals surface area contributed by atoms with Gasteiger partial charge >= 0.3 is 0 Å². The van der Waals surface area contributed by atoms with Crippen molar-refractivity contribution in [3.8, 4) is 6.19 Å². The lowest BCUT2D eigenvalue weighted by molar-refractivity contribution is 1.09. The van der Waals surface area contributed by atoms with Gasteiger partial charge in [-0.1, -0.05) is 0 Å². The van der Waals surface area contributed by atoms with Gasteiger partial charge in [0.05, 0.1) is 8.79 Å². The fourth-order valence-corrected chi connectivity index (χ4v) is 2.59. The zero-order valence-corrected chi connectivity index (χ0v) is 11.3. The van der Waals surface area contributed by atoms with Gasteiger partial charge in [0.1, 0.15) is 18.0 Å². The summed E-state index contributed by atoms with van der Waals surface area (Å²) in [6, 6.07) is 5.69. The van der Waals surface area contributed by atoms with Gasteiger partial charge in [-0.3, -0.25) is 5.32 Å². The minimum atomic E-state index is 0.486. The summed E-state index contributed by atoms with van der Waals surface area (Å²) in [4.78, 5) is 10.0. The molecule has 2 aromatic heterocycles. The van der Waals surface area contributed by atoms with Gasteiger partial charge < -0.3 is 4.90 Å². The number of hydrogen-bond donors (Lipinski definition) is 1. The maximum absolute atomic E-state index is 8.53. The lowest BCUT2D eigenvalue weighted by Gasteiger charge is -2.15. The normalized spacial score (nSPS) is 9.71. The fraction of sp³-hybridized carbons (Fsp3) is 0.100. The Hall–Kier alpha value is -1.65. The molecule has 5 nitrogen and oxygen atoms in total. The van der Waals surface area contributed by atoms with Gasteiger partial charge in [0, 0.05) is 13.1 Å². The van der Waals surface area contributed by atoms with E-state index in [2.05, 4.69) is 31.2 Å². The average molecular weight is 310 g/mol. The van der Waals surface area contributed by atoms with Crippen LogP contribution in [0.2, 0.25) is 0 Å². The summed E-state index contributed by atoms with van der Waals surface area (Å²) in [5.74, 6) is 1.21. The second-order valence-corrected chi connectivity index (χ2v) is 5.58. The van der Waals surface area contributed by atoms with Gasteiger partial charge in [0.25, 0.3) is 0 Å². The van der Waals surface area contributed by atoms with Crippen LogP contribution in [0.25, 0.3) is 0 Å². The Morgan fingerprint density at radius 2 is 2.29 bits per heavy atom. The average Bonchev–Trinajstić information content (AvgIpc) is 2.76. The molecule has 0 bridgehead atoms. The third-order valence-electron chi connectivity index (χ3n) is 2.07. The monoisotopic (exact) mass is 309 g/mol. The predicted octanol–water partition coefficient (Wildman–Crippen LogP) is 2.96. The molecule has 0 unspecified atom stereocenters. The zero-order chi connectivity index (χ0) is 12.3. The molecule has 2 heterocycles. The van der Waals surface area contributed by atoms with Crippen molar-refractivity contribution in [2.24, 2.45) is 0 Å². The first kappa shape index (κ1) is 11.8. The molecular formula is C10H8BrN5S. The summed E-state index contributed by atoms with van der Waals surface area (Å²) in [5, 5.41) is 12.1. The van der Waals surface area contributed by atoms with E-state index in [4.69, 9.17) is 5.26 Å². The number of aromatic nitrogens is 2. The zero-order valence-electron chi connectivity index (χ0n) is 8.88. The number of anilines is 3. The number of halogens is 1. The van der Waals surface area contributed by atoms with E-state index in [1.165, 1.54) is 6.33 Å². The highest BCUT2D eigenvalue weighted by atomic mass is 79.9. The Labute approximate surface area is 111 Å². The quantitative estimate of drug-likeness (QED) is 0.697. The molecule has 0 fully saturated rings. The van der Waals surface area contributed by atoms with E-state index in [0.717, 1.165) is 14.6 Å². The molecule has 2 rings (SSSR count). The Bertz CT molecular complexity index is 562. The van der Waals surface area contributed by atoms with Crippen molar-refractivity contribution < 1.29 is 0 Å². The Morgan fingerprint density at radius 3 is 2.94 bits per heavy atom. The SMILES string of the molecule is CN(c1cc(NC#N)ncn1)c1ccc(Br)s1. The van der Waals surface area contributed by atoms with Gasteiger partial charge in [-0.2, -0.15) is 5.26 Å². The highest BCUT2D eigenvalue weighted by Crippen LogP contribution is 2.32. The van der Waals surface area contributed by atoms with Crippen LogP contribution in [0.1, 0.15) is 0 Å². The van der Waals surface area contributed by atoms with Crippen LogP contribution < -0.4 is 10.2 Å². The number of hydrogen-bond acceptors (Lipinski definition) is 6. The molecule has 0 aromatic carbocycles. The minimum absolute atomic E-state index is 0.486. The van der Waals surface area contributed by atoms with E-state index in [1.54, 1.807) is 17.4 Å². The fourth-order valence-electron chi connectivity index (χ4n) is 1.25. The van der Waals surface area contributed by atoms with Crippen LogP contribution in [0, 0.1) is 11.5 Å². The first-order valence-electron chi connectivity index (χ1n) is 4.67. The van der Waals surface area contributed by atoms with Crippen molar-refractivity contribution in [2.45, 2.75) is 0 Å². The Balaban J connectivity index is 2.28. The van der Waals surface area contributed by atoms with Crippen molar-refractivity contribution >= 4 is 43.9 Å². The number of thiophene rings is 1. The summed E-state index contributed by atoms with van der Waals surface area (Å²) in [7, 11) is 1.91. The highest BCUT2D eigenvalue weighted by Gasteiger charge is 2.08. The van der Waals surface area contributed by atoms with Gasteiger partial charge in [-0.25, -0.2) is 9.97 Å². The molecule has 86 valence electrons. The van der Waals surface area contributed by atoms with Crippen molar-refractivity contribution in [3.05, 3.63) is 28.3 Å². The first-order chi connectivity index (χ1) is 8.20.